The van der Waals surface area contributed by atoms with Crippen LogP contribution in [0.2, 0.25) is 5.02 Å². The summed E-state index contributed by atoms with van der Waals surface area (Å²) in [5.41, 5.74) is -0.507. The molecular formula is C36H44ClN3O5. The number of halogens is 1. The number of carbonyl (C=O) groups excluding carboxylic acids is 3. The fourth-order valence-electron chi connectivity index (χ4n) is 7.83. The summed E-state index contributed by atoms with van der Waals surface area (Å²) in [4.78, 5) is 49.1. The number of nitrogens with zero attached hydrogens (tertiary/aromatic N) is 3. The molecule has 2 bridgehead atoms. The van der Waals surface area contributed by atoms with E-state index in [4.69, 9.17) is 16.3 Å². The molecule has 5 atom stereocenters. The van der Waals surface area contributed by atoms with E-state index in [9.17, 15) is 19.5 Å². The Morgan fingerprint density at radius 1 is 1.02 bits per heavy atom. The largest absolute Gasteiger partial charge is 0.396 e. The van der Waals surface area contributed by atoms with Crippen molar-refractivity contribution in [2.75, 3.05) is 31.1 Å². The number of aliphatic hydroxyl groups excluding tert-OH is 1. The molecule has 1 N–H and O–H groups in total. The van der Waals surface area contributed by atoms with Crippen LogP contribution in [0.4, 0.5) is 5.69 Å². The van der Waals surface area contributed by atoms with Crippen molar-refractivity contribution in [1.82, 2.24) is 9.80 Å². The summed E-state index contributed by atoms with van der Waals surface area (Å²) >= 11 is 6.60. The zero-order chi connectivity index (χ0) is 32.2. The number of aliphatic hydroxyl groups is 1. The maximum Gasteiger partial charge on any atom is 0.253 e. The molecule has 8 nitrogen and oxygen atoms in total. The van der Waals surface area contributed by atoms with Gasteiger partial charge in [-0.25, -0.2) is 0 Å². The van der Waals surface area contributed by atoms with Gasteiger partial charge in [0.2, 0.25) is 11.8 Å². The van der Waals surface area contributed by atoms with Crippen molar-refractivity contribution in [2.24, 2.45) is 11.8 Å². The summed E-state index contributed by atoms with van der Waals surface area (Å²) in [7, 11) is 0. The molecule has 240 valence electrons. The summed E-state index contributed by atoms with van der Waals surface area (Å²) in [6.45, 7) is 11.0. The van der Waals surface area contributed by atoms with Gasteiger partial charge >= 0.3 is 0 Å². The van der Waals surface area contributed by atoms with Crippen LogP contribution < -0.4 is 4.90 Å². The third-order valence-corrected chi connectivity index (χ3v) is 10.2. The molecule has 3 saturated heterocycles. The predicted molar refractivity (Wildman–Crippen MR) is 176 cm³/mol. The molecule has 1 spiro atoms. The molecule has 3 aliphatic rings. The lowest BCUT2D eigenvalue weighted by Crippen LogP contribution is -2.56. The van der Waals surface area contributed by atoms with E-state index in [0.717, 1.165) is 5.56 Å². The number of carbonyl (C=O) groups is 3. The Bertz CT molecular complexity index is 1420. The molecule has 5 rings (SSSR count). The van der Waals surface area contributed by atoms with Crippen LogP contribution in [0.15, 0.2) is 79.9 Å². The predicted octanol–water partition coefficient (Wildman–Crippen LogP) is 5.39. The van der Waals surface area contributed by atoms with E-state index in [0.29, 0.717) is 68.9 Å². The van der Waals surface area contributed by atoms with Gasteiger partial charge in [0.15, 0.2) is 0 Å². The highest BCUT2D eigenvalue weighted by molar-refractivity contribution is 6.34. The van der Waals surface area contributed by atoms with E-state index in [-0.39, 0.29) is 30.9 Å². The van der Waals surface area contributed by atoms with Gasteiger partial charge in [0, 0.05) is 32.8 Å². The Hall–Kier alpha value is -3.46. The number of fused-ring (bicyclic) bond motifs is 1. The van der Waals surface area contributed by atoms with Crippen LogP contribution in [-0.2, 0) is 25.7 Å². The summed E-state index contributed by atoms with van der Waals surface area (Å²) < 4.78 is 7.01. The van der Waals surface area contributed by atoms with Crippen molar-refractivity contribution >= 4 is 35.0 Å². The van der Waals surface area contributed by atoms with Crippen LogP contribution in [0, 0.1) is 11.8 Å². The molecule has 3 aliphatic heterocycles. The number of hydrogen-bond donors (Lipinski definition) is 1. The Balaban J connectivity index is 1.57. The molecule has 0 aliphatic carbocycles. The van der Waals surface area contributed by atoms with Crippen LogP contribution in [0.1, 0.15) is 51.0 Å². The summed E-state index contributed by atoms with van der Waals surface area (Å²) in [5, 5.41) is 9.78. The molecule has 9 heteroatoms. The van der Waals surface area contributed by atoms with Crippen LogP contribution in [0.5, 0.6) is 0 Å². The second-order valence-electron chi connectivity index (χ2n) is 12.3. The van der Waals surface area contributed by atoms with Gasteiger partial charge in [-0.2, -0.15) is 0 Å². The van der Waals surface area contributed by atoms with Crippen molar-refractivity contribution in [3.63, 3.8) is 0 Å². The second kappa shape index (κ2) is 13.9. The number of anilines is 1. The molecule has 0 radical (unpaired) electrons. The average molecular weight is 634 g/mol. The normalized spacial score (nSPS) is 26.5. The number of amides is 3. The van der Waals surface area contributed by atoms with Crippen molar-refractivity contribution in [3.8, 4) is 0 Å². The average Bonchev–Trinajstić information content (AvgIpc) is 3.65. The third kappa shape index (κ3) is 5.84. The first-order valence-corrected chi connectivity index (χ1v) is 16.4. The van der Waals surface area contributed by atoms with Crippen molar-refractivity contribution in [3.05, 3.63) is 90.5 Å². The van der Waals surface area contributed by atoms with E-state index in [1.807, 2.05) is 43.3 Å². The van der Waals surface area contributed by atoms with E-state index < -0.39 is 29.1 Å². The van der Waals surface area contributed by atoms with Crippen molar-refractivity contribution in [1.29, 1.82) is 0 Å². The topological polar surface area (TPSA) is 90.4 Å². The van der Waals surface area contributed by atoms with E-state index in [2.05, 4.69) is 13.2 Å². The smallest absolute Gasteiger partial charge is 0.253 e. The first-order chi connectivity index (χ1) is 21.8. The second-order valence-corrected chi connectivity index (χ2v) is 12.7. The van der Waals surface area contributed by atoms with Gasteiger partial charge in [-0.15, -0.1) is 13.2 Å². The van der Waals surface area contributed by atoms with Gasteiger partial charge in [-0.3, -0.25) is 14.4 Å². The minimum absolute atomic E-state index is 0.0573. The summed E-state index contributed by atoms with van der Waals surface area (Å²) in [5.74, 6) is -2.21. The van der Waals surface area contributed by atoms with Crippen molar-refractivity contribution in [2.45, 2.75) is 69.2 Å². The molecule has 3 fully saturated rings. The lowest BCUT2D eigenvalue weighted by Gasteiger charge is -2.37. The standard InChI is InChI=1S/C36H44ClN3O5/c1-4-21-38(25-26-15-9-7-10-16-26)32(42)29-30-33(43)40(23-13-8-14-24-41)31(36(30)20-19-35(29,6-3)45-36)34(44)39(22-5-2)28-18-12-11-17-27(28)37/h4-5,7,9-12,15-18,29-31,41H,1-2,6,8,13-14,19-25H2,3H3/t29-,30-,31?,35+,36?/m0/s1. The van der Waals surface area contributed by atoms with Crippen molar-refractivity contribution < 1.29 is 24.2 Å². The zero-order valence-electron chi connectivity index (χ0n) is 26.1. The van der Waals surface area contributed by atoms with Crippen LogP contribution in [0.3, 0.4) is 0 Å². The number of para-hydroxylation sites is 1. The Kier molecular flexibility index (Phi) is 10.2. The quantitative estimate of drug-likeness (QED) is 0.210. The minimum atomic E-state index is -1.16. The third-order valence-electron chi connectivity index (χ3n) is 9.84. The lowest BCUT2D eigenvalue weighted by molar-refractivity contribution is -0.151. The number of hydrogen-bond acceptors (Lipinski definition) is 5. The maximum atomic E-state index is 14.8. The highest BCUT2D eigenvalue weighted by Crippen LogP contribution is 2.64. The van der Waals surface area contributed by atoms with E-state index in [1.54, 1.807) is 45.1 Å². The number of benzene rings is 2. The first-order valence-electron chi connectivity index (χ1n) is 16.0. The number of rotatable bonds is 15. The van der Waals surface area contributed by atoms with Crippen LogP contribution in [0.25, 0.3) is 0 Å². The highest BCUT2D eigenvalue weighted by atomic mass is 35.5. The maximum absolute atomic E-state index is 14.8. The molecule has 0 saturated carbocycles. The van der Waals surface area contributed by atoms with Gasteiger partial charge < -0.3 is 24.5 Å². The molecule has 45 heavy (non-hydrogen) atoms. The summed E-state index contributed by atoms with van der Waals surface area (Å²) in [6, 6.07) is 16.0. The highest BCUT2D eigenvalue weighted by Gasteiger charge is 2.79. The fourth-order valence-corrected chi connectivity index (χ4v) is 8.06. The molecule has 3 amide bonds. The summed E-state index contributed by atoms with van der Waals surface area (Å²) in [6.07, 6.45) is 6.87. The Morgan fingerprint density at radius 3 is 2.40 bits per heavy atom. The molecule has 2 unspecified atom stereocenters. The van der Waals surface area contributed by atoms with Gasteiger partial charge in [0.25, 0.3) is 5.91 Å². The number of likely N-dealkylation sites (tertiary alicyclic amines) is 1. The zero-order valence-corrected chi connectivity index (χ0v) is 26.8. The lowest BCUT2D eigenvalue weighted by atomic mass is 9.64. The van der Waals surface area contributed by atoms with Gasteiger partial charge in [0.1, 0.15) is 11.6 Å². The molecular weight excluding hydrogens is 590 g/mol. The Morgan fingerprint density at radius 2 is 1.73 bits per heavy atom. The Labute approximate surface area is 271 Å². The number of ether oxygens (including phenoxy) is 1. The fraction of sp³-hybridized carbons (Fsp3) is 0.472. The minimum Gasteiger partial charge on any atom is -0.396 e. The number of unbranched alkanes of at least 4 members (excludes halogenated alkanes) is 2. The van der Waals surface area contributed by atoms with Gasteiger partial charge in [-0.1, -0.05) is 73.1 Å². The monoisotopic (exact) mass is 633 g/mol. The molecule has 2 aromatic carbocycles. The molecule has 3 heterocycles. The molecule has 2 aromatic rings. The van der Waals surface area contributed by atoms with E-state index in [1.165, 1.54) is 0 Å². The van der Waals surface area contributed by atoms with E-state index >= 15 is 0 Å². The molecule has 0 aromatic heterocycles. The first kappa shape index (κ1) is 32.9. The SMILES string of the molecule is C=CCN(Cc1ccccc1)C(=O)[C@@H]1[C@H]2C(=O)N(CCCCCO)C(C(=O)N(CC=C)c3ccccc3Cl)C23CC[C@@]1(CC)O3. The van der Waals surface area contributed by atoms with Crippen LogP contribution >= 0.6 is 11.6 Å². The van der Waals surface area contributed by atoms with Gasteiger partial charge in [0.05, 0.1) is 28.1 Å². The van der Waals surface area contributed by atoms with Crippen LogP contribution in [-0.4, -0.2) is 76.1 Å². The van der Waals surface area contributed by atoms with Gasteiger partial charge in [-0.05, 0) is 56.2 Å².